The van der Waals surface area contributed by atoms with Crippen molar-refractivity contribution in [2.75, 3.05) is 56.6 Å². The summed E-state index contributed by atoms with van der Waals surface area (Å²) in [4.78, 5) is 29.0. The summed E-state index contributed by atoms with van der Waals surface area (Å²) in [5.41, 5.74) is 3.85. The second-order valence-electron chi connectivity index (χ2n) is 7.81. The first kappa shape index (κ1) is 22.6. The molecule has 0 radical (unpaired) electrons. The van der Waals surface area contributed by atoms with Crippen molar-refractivity contribution in [3.05, 3.63) is 53.6 Å². The number of rotatable bonds is 7. The molecule has 31 heavy (non-hydrogen) atoms. The van der Waals surface area contributed by atoms with E-state index in [-0.39, 0.29) is 0 Å². The second-order valence-corrected chi connectivity index (χ2v) is 7.81. The van der Waals surface area contributed by atoms with Crippen molar-refractivity contribution in [2.45, 2.75) is 20.3 Å². The Hall–Kier alpha value is -3.06. The summed E-state index contributed by atoms with van der Waals surface area (Å²) in [6, 6.07) is 13.7. The quantitative estimate of drug-likeness (QED) is 0.528. The maximum Gasteiger partial charge on any atom is 0.313 e. The second kappa shape index (κ2) is 10.8. The molecule has 2 amide bonds. The van der Waals surface area contributed by atoms with E-state index in [1.807, 2.05) is 44.2 Å². The van der Waals surface area contributed by atoms with Crippen LogP contribution in [0.2, 0.25) is 0 Å². The van der Waals surface area contributed by atoms with Crippen molar-refractivity contribution in [3.8, 4) is 5.75 Å². The van der Waals surface area contributed by atoms with Crippen molar-refractivity contribution < 1.29 is 14.3 Å². The average Bonchev–Trinajstić information content (AvgIpc) is 2.80. The molecule has 2 N–H and O–H groups in total. The van der Waals surface area contributed by atoms with Gasteiger partial charge in [0.1, 0.15) is 5.75 Å². The molecule has 0 bridgehead atoms. The van der Waals surface area contributed by atoms with Crippen molar-refractivity contribution >= 4 is 23.2 Å². The van der Waals surface area contributed by atoms with Crippen LogP contribution < -0.4 is 20.3 Å². The number of benzene rings is 2. The third kappa shape index (κ3) is 5.98. The van der Waals surface area contributed by atoms with Gasteiger partial charge in [-0.2, -0.15) is 0 Å². The van der Waals surface area contributed by atoms with Gasteiger partial charge in [-0.3, -0.25) is 14.5 Å². The van der Waals surface area contributed by atoms with Gasteiger partial charge >= 0.3 is 11.8 Å². The molecule has 166 valence electrons. The molecule has 1 saturated heterocycles. The van der Waals surface area contributed by atoms with E-state index in [0.717, 1.165) is 61.7 Å². The van der Waals surface area contributed by atoms with Gasteiger partial charge in [-0.05, 0) is 56.1 Å². The number of aryl methyl sites for hydroxylation is 1. The first-order valence-corrected chi connectivity index (χ1v) is 10.8. The standard InChI is InChI=1S/C24H32N4O3/c1-18-8-6-9-20(19(18)2)26-24(30)23(29)25-12-7-13-27-14-16-28(17-15-27)21-10-4-5-11-22(21)31-3/h4-6,8-11H,7,12-17H2,1-3H3,(H,25,29)(H,26,30). The van der Waals surface area contributed by atoms with Crippen LogP contribution in [-0.4, -0.2) is 63.1 Å². The Kier molecular flexibility index (Phi) is 7.89. The first-order chi connectivity index (χ1) is 15.0. The Balaban J connectivity index is 1.36. The highest BCUT2D eigenvalue weighted by molar-refractivity contribution is 6.39. The van der Waals surface area contributed by atoms with Crippen LogP contribution in [-0.2, 0) is 9.59 Å². The topological polar surface area (TPSA) is 73.9 Å². The van der Waals surface area contributed by atoms with Gasteiger partial charge in [-0.1, -0.05) is 24.3 Å². The van der Waals surface area contributed by atoms with Crippen molar-refractivity contribution in [3.63, 3.8) is 0 Å². The Morgan fingerprint density at radius 3 is 2.45 bits per heavy atom. The highest BCUT2D eigenvalue weighted by Gasteiger charge is 2.19. The summed E-state index contributed by atoms with van der Waals surface area (Å²) in [6.07, 6.45) is 0.803. The monoisotopic (exact) mass is 424 g/mol. The van der Waals surface area contributed by atoms with E-state index in [1.54, 1.807) is 13.2 Å². The van der Waals surface area contributed by atoms with Gasteiger partial charge in [0.25, 0.3) is 0 Å². The number of piperazine rings is 1. The molecule has 0 aromatic heterocycles. The lowest BCUT2D eigenvalue weighted by molar-refractivity contribution is -0.136. The Morgan fingerprint density at radius 1 is 0.968 bits per heavy atom. The van der Waals surface area contributed by atoms with Gasteiger partial charge in [0.2, 0.25) is 0 Å². The molecule has 0 atom stereocenters. The van der Waals surface area contributed by atoms with Gasteiger partial charge < -0.3 is 20.3 Å². The number of carbonyl (C=O) groups excluding carboxylic acids is 2. The highest BCUT2D eigenvalue weighted by Crippen LogP contribution is 2.28. The van der Waals surface area contributed by atoms with E-state index in [1.165, 1.54) is 0 Å². The van der Waals surface area contributed by atoms with E-state index in [4.69, 9.17) is 4.74 Å². The van der Waals surface area contributed by atoms with Crippen LogP contribution in [0.3, 0.4) is 0 Å². The number of carbonyl (C=O) groups is 2. The molecule has 0 aliphatic carbocycles. The average molecular weight is 425 g/mol. The molecule has 0 spiro atoms. The summed E-state index contributed by atoms with van der Waals surface area (Å²) in [6.45, 7) is 9.05. The molecule has 7 heteroatoms. The van der Waals surface area contributed by atoms with Crippen molar-refractivity contribution in [2.24, 2.45) is 0 Å². The number of hydrogen-bond acceptors (Lipinski definition) is 5. The Labute approximate surface area is 184 Å². The van der Waals surface area contributed by atoms with Crippen LogP contribution in [0.15, 0.2) is 42.5 Å². The fourth-order valence-corrected chi connectivity index (χ4v) is 3.75. The fraction of sp³-hybridized carbons (Fsp3) is 0.417. The number of amides is 2. The highest BCUT2D eigenvalue weighted by atomic mass is 16.5. The van der Waals surface area contributed by atoms with Crippen LogP contribution in [0.4, 0.5) is 11.4 Å². The van der Waals surface area contributed by atoms with Crippen molar-refractivity contribution in [1.82, 2.24) is 10.2 Å². The van der Waals surface area contributed by atoms with E-state index in [9.17, 15) is 9.59 Å². The van der Waals surface area contributed by atoms with Crippen LogP contribution in [0, 0.1) is 13.8 Å². The summed E-state index contributed by atoms with van der Waals surface area (Å²) < 4.78 is 5.47. The van der Waals surface area contributed by atoms with E-state index in [2.05, 4.69) is 26.5 Å². The van der Waals surface area contributed by atoms with Crippen LogP contribution >= 0.6 is 0 Å². The summed E-state index contributed by atoms with van der Waals surface area (Å²) in [7, 11) is 1.70. The number of hydrogen-bond donors (Lipinski definition) is 2. The van der Waals surface area contributed by atoms with Crippen molar-refractivity contribution in [1.29, 1.82) is 0 Å². The van der Waals surface area contributed by atoms with E-state index >= 15 is 0 Å². The lowest BCUT2D eigenvalue weighted by Gasteiger charge is -2.36. The largest absolute Gasteiger partial charge is 0.495 e. The van der Waals surface area contributed by atoms with Crippen LogP contribution in [0.25, 0.3) is 0 Å². The molecular weight excluding hydrogens is 392 g/mol. The van der Waals surface area contributed by atoms with E-state index in [0.29, 0.717) is 12.2 Å². The summed E-state index contributed by atoms with van der Waals surface area (Å²) in [5, 5.41) is 5.42. The molecular formula is C24H32N4O3. The minimum Gasteiger partial charge on any atom is -0.495 e. The minimum absolute atomic E-state index is 0.478. The van der Waals surface area contributed by atoms with Gasteiger partial charge in [0, 0.05) is 38.4 Å². The number of methoxy groups -OCH3 is 1. The molecule has 1 fully saturated rings. The zero-order chi connectivity index (χ0) is 22.2. The molecule has 3 rings (SSSR count). The van der Waals surface area contributed by atoms with E-state index < -0.39 is 11.8 Å². The number of ether oxygens (including phenoxy) is 1. The third-order valence-electron chi connectivity index (χ3n) is 5.79. The zero-order valence-electron chi connectivity index (χ0n) is 18.6. The van der Waals surface area contributed by atoms with Gasteiger partial charge in [0.05, 0.1) is 12.8 Å². The summed E-state index contributed by atoms with van der Waals surface area (Å²) >= 11 is 0. The minimum atomic E-state index is -0.626. The molecule has 0 saturated carbocycles. The normalized spacial score (nSPS) is 14.2. The number of nitrogens with one attached hydrogen (secondary N) is 2. The Bertz CT molecular complexity index is 907. The molecule has 1 aliphatic heterocycles. The van der Waals surface area contributed by atoms with Gasteiger partial charge in [0.15, 0.2) is 0 Å². The fourth-order valence-electron chi connectivity index (χ4n) is 3.75. The SMILES string of the molecule is COc1ccccc1N1CCN(CCCNC(=O)C(=O)Nc2cccc(C)c2C)CC1. The smallest absolute Gasteiger partial charge is 0.313 e. The number of nitrogens with zero attached hydrogens (tertiary/aromatic N) is 2. The Morgan fingerprint density at radius 2 is 1.71 bits per heavy atom. The lowest BCUT2D eigenvalue weighted by Crippen LogP contribution is -2.47. The predicted molar refractivity (Wildman–Crippen MR) is 124 cm³/mol. The maximum atomic E-state index is 12.1. The lowest BCUT2D eigenvalue weighted by atomic mass is 10.1. The zero-order valence-corrected chi connectivity index (χ0v) is 18.6. The molecule has 0 unspecified atom stereocenters. The molecule has 2 aromatic rings. The van der Waals surface area contributed by atoms with Crippen LogP contribution in [0.1, 0.15) is 17.5 Å². The molecule has 2 aromatic carbocycles. The molecule has 1 aliphatic rings. The molecule has 7 nitrogen and oxygen atoms in total. The number of para-hydroxylation sites is 2. The predicted octanol–water partition coefficient (Wildman–Crippen LogP) is 2.58. The maximum absolute atomic E-state index is 12.1. The van der Waals surface area contributed by atoms with Gasteiger partial charge in [-0.25, -0.2) is 0 Å². The molecule has 1 heterocycles. The number of anilines is 2. The first-order valence-electron chi connectivity index (χ1n) is 10.8. The van der Waals surface area contributed by atoms with Crippen LogP contribution in [0.5, 0.6) is 5.75 Å². The van der Waals surface area contributed by atoms with Gasteiger partial charge in [-0.15, -0.1) is 0 Å². The summed E-state index contributed by atoms with van der Waals surface area (Å²) in [5.74, 6) is -0.321. The third-order valence-corrected chi connectivity index (χ3v) is 5.79.